The topological polar surface area (TPSA) is 65.1 Å². The van der Waals surface area contributed by atoms with E-state index in [0.29, 0.717) is 43.3 Å². The smallest absolute Gasteiger partial charge is 0.410 e. The molecule has 0 aliphatic carbocycles. The van der Waals surface area contributed by atoms with Gasteiger partial charge in [0.05, 0.1) is 0 Å². The van der Waals surface area contributed by atoms with Crippen LogP contribution in [0.25, 0.3) is 10.8 Å². The zero-order valence-corrected chi connectivity index (χ0v) is 23.9. The summed E-state index contributed by atoms with van der Waals surface area (Å²) in [6.07, 6.45) is 1.84. The van der Waals surface area contributed by atoms with Crippen LogP contribution in [0.5, 0.6) is 0 Å². The maximum absolute atomic E-state index is 14.6. The van der Waals surface area contributed by atoms with Gasteiger partial charge in [-0.05, 0) is 69.9 Å². The van der Waals surface area contributed by atoms with Gasteiger partial charge in [-0.2, -0.15) is 0 Å². The molecule has 2 heterocycles. The average molecular weight is 547 g/mol. The Bertz CT molecular complexity index is 1390. The number of fused-ring (bicyclic) bond motifs is 1. The maximum atomic E-state index is 14.6. The molecular formula is C32H39FN4O3. The second-order valence-electron chi connectivity index (χ2n) is 12.0. The van der Waals surface area contributed by atoms with E-state index in [2.05, 4.69) is 22.0 Å². The Morgan fingerprint density at radius 3 is 2.23 bits per heavy atom. The first-order chi connectivity index (χ1) is 19.1. The molecule has 2 saturated heterocycles. The summed E-state index contributed by atoms with van der Waals surface area (Å²) in [5, 5.41) is 4.94. The molecule has 3 aromatic rings. The van der Waals surface area contributed by atoms with Crippen molar-refractivity contribution in [3.63, 3.8) is 0 Å². The number of nitrogens with zero attached hydrogens (tertiary/aromatic N) is 3. The van der Waals surface area contributed by atoms with Crippen LogP contribution in [0.2, 0.25) is 0 Å². The van der Waals surface area contributed by atoms with Crippen molar-refractivity contribution in [2.75, 3.05) is 54.4 Å². The molecular weight excluding hydrogens is 507 g/mol. The molecule has 3 aromatic carbocycles. The maximum Gasteiger partial charge on any atom is 0.410 e. The van der Waals surface area contributed by atoms with E-state index in [1.54, 1.807) is 11.0 Å². The van der Waals surface area contributed by atoms with Crippen LogP contribution >= 0.6 is 0 Å². The molecule has 0 spiro atoms. The molecule has 2 fully saturated rings. The Hall–Kier alpha value is -3.81. The van der Waals surface area contributed by atoms with Crippen LogP contribution in [0.15, 0.2) is 54.6 Å². The molecule has 0 unspecified atom stereocenters. The minimum absolute atomic E-state index is 0.287. The summed E-state index contributed by atoms with van der Waals surface area (Å²) < 4.78 is 20.1. The number of hydrogen-bond donors (Lipinski definition) is 1. The lowest BCUT2D eigenvalue weighted by Crippen LogP contribution is -2.50. The van der Waals surface area contributed by atoms with E-state index >= 15 is 0 Å². The molecule has 8 heteroatoms. The summed E-state index contributed by atoms with van der Waals surface area (Å²) in [5.41, 5.74) is 2.26. The highest BCUT2D eigenvalue weighted by Gasteiger charge is 2.27. The Kier molecular flexibility index (Phi) is 7.88. The van der Waals surface area contributed by atoms with Gasteiger partial charge in [0.25, 0.3) is 5.91 Å². The molecule has 0 bridgehead atoms. The highest BCUT2D eigenvalue weighted by atomic mass is 19.1. The van der Waals surface area contributed by atoms with Gasteiger partial charge in [0, 0.05) is 72.7 Å². The van der Waals surface area contributed by atoms with E-state index in [-0.39, 0.29) is 12.0 Å². The number of piperidine rings is 1. The third-order valence-electron chi connectivity index (χ3n) is 7.71. The summed E-state index contributed by atoms with van der Waals surface area (Å²) >= 11 is 0. The summed E-state index contributed by atoms with van der Waals surface area (Å²) in [5.74, 6) is -0.0836. The number of benzene rings is 3. The normalized spacial score (nSPS) is 16.8. The molecule has 2 amide bonds. The first kappa shape index (κ1) is 27.7. The molecule has 5 rings (SSSR count). The molecule has 2 aliphatic heterocycles. The number of halogens is 1. The number of carbonyl (C=O) groups excluding carboxylic acids is 2. The van der Waals surface area contributed by atoms with Crippen LogP contribution < -0.4 is 15.1 Å². The van der Waals surface area contributed by atoms with Gasteiger partial charge < -0.3 is 24.8 Å². The lowest BCUT2D eigenvalue weighted by Gasteiger charge is -2.37. The zero-order chi connectivity index (χ0) is 28.4. The van der Waals surface area contributed by atoms with Crippen molar-refractivity contribution in [3.05, 3.63) is 66.0 Å². The highest BCUT2D eigenvalue weighted by molar-refractivity contribution is 6.11. The van der Waals surface area contributed by atoms with Crippen molar-refractivity contribution >= 4 is 39.8 Å². The largest absolute Gasteiger partial charge is 0.444 e. The second kappa shape index (κ2) is 11.4. The first-order valence-corrected chi connectivity index (χ1v) is 14.2. The fraction of sp³-hybridized carbons (Fsp3) is 0.438. The number of rotatable bonds is 4. The zero-order valence-electron chi connectivity index (χ0n) is 23.9. The monoisotopic (exact) mass is 546 g/mol. The van der Waals surface area contributed by atoms with E-state index < -0.39 is 11.4 Å². The molecule has 0 aromatic heterocycles. The van der Waals surface area contributed by atoms with Crippen molar-refractivity contribution in [2.45, 2.75) is 46.1 Å². The van der Waals surface area contributed by atoms with E-state index in [1.807, 2.05) is 57.2 Å². The standard InChI is InChI=1S/C32H39FN4O3/c1-22-11-13-35(14-12-22)25-20-23(19-24(33)21-25)30(38)34-28-9-10-29(27-8-6-5-7-26(27)28)36-15-17-37(18-16-36)31(39)40-32(2,3)4/h5-10,19-22H,11-18H2,1-4H3,(H,34,38). The van der Waals surface area contributed by atoms with Crippen molar-refractivity contribution in [3.8, 4) is 0 Å². The predicted octanol–water partition coefficient (Wildman–Crippen LogP) is 6.52. The van der Waals surface area contributed by atoms with Gasteiger partial charge in [-0.15, -0.1) is 0 Å². The van der Waals surface area contributed by atoms with E-state index in [4.69, 9.17) is 4.74 Å². The lowest BCUT2D eigenvalue weighted by atomic mass is 9.98. The van der Waals surface area contributed by atoms with Gasteiger partial charge in [0.15, 0.2) is 0 Å². The third-order valence-corrected chi connectivity index (χ3v) is 7.71. The average Bonchev–Trinajstić information content (AvgIpc) is 2.92. The highest BCUT2D eigenvalue weighted by Crippen LogP contribution is 2.34. The van der Waals surface area contributed by atoms with Gasteiger partial charge in [0.1, 0.15) is 11.4 Å². The van der Waals surface area contributed by atoms with Gasteiger partial charge in [-0.25, -0.2) is 9.18 Å². The molecule has 0 atom stereocenters. The number of anilines is 3. The summed E-state index contributed by atoms with van der Waals surface area (Å²) in [4.78, 5) is 32.0. The number of hydrogen-bond acceptors (Lipinski definition) is 5. The number of amides is 2. The Labute approximate surface area is 235 Å². The SMILES string of the molecule is CC1CCN(c2cc(F)cc(C(=O)Nc3ccc(N4CCN(C(=O)OC(C)(C)C)CC4)c4ccccc34)c2)CC1. The van der Waals surface area contributed by atoms with E-state index in [9.17, 15) is 14.0 Å². The third kappa shape index (κ3) is 6.32. The molecule has 1 N–H and O–H groups in total. The summed E-state index contributed by atoms with van der Waals surface area (Å²) in [7, 11) is 0. The Morgan fingerprint density at radius 2 is 1.55 bits per heavy atom. The van der Waals surface area contributed by atoms with Gasteiger partial charge in [-0.3, -0.25) is 4.79 Å². The van der Waals surface area contributed by atoms with E-state index in [0.717, 1.165) is 48.1 Å². The van der Waals surface area contributed by atoms with Crippen LogP contribution in [-0.4, -0.2) is 61.8 Å². The quantitative estimate of drug-likeness (QED) is 0.403. The minimum Gasteiger partial charge on any atom is -0.444 e. The van der Waals surface area contributed by atoms with Crippen molar-refractivity contribution in [1.82, 2.24) is 4.90 Å². The van der Waals surface area contributed by atoms with Crippen LogP contribution in [-0.2, 0) is 4.74 Å². The Morgan fingerprint density at radius 1 is 0.875 bits per heavy atom. The van der Waals surface area contributed by atoms with Crippen molar-refractivity contribution < 1.29 is 18.7 Å². The Balaban J connectivity index is 1.32. The van der Waals surface area contributed by atoms with Gasteiger partial charge >= 0.3 is 6.09 Å². The van der Waals surface area contributed by atoms with Gasteiger partial charge in [-0.1, -0.05) is 31.2 Å². The van der Waals surface area contributed by atoms with Crippen LogP contribution in [0, 0.1) is 11.7 Å². The number of ether oxygens (including phenoxy) is 1. The first-order valence-electron chi connectivity index (χ1n) is 14.2. The molecule has 0 radical (unpaired) electrons. The molecule has 2 aliphatic rings. The fourth-order valence-electron chi connectivity index (χ4n) is 5.47. The van der Waals surface area contributed by atoms with E-state index in [1.165, 1.54) is 12.1 Å². The number of piperazine rings is 1. The van der Waals surface area contributed by atoms with Crippen LogP contribution in [0.1, 0.15) is 50.9 Å². The van der Waals surface area contributed by atoms with Crippen molar-refractivity contribution in [2.24, 2.45) is 5.92 Å². The molecule has 212 valence electrons. The number of nitrogens with one attached hydrogen (secondary N) is 1. The van der Waals surface area contributed by atoms with Crippen LogP contribution in [0.3, 0.4) is 0 Å². The minimum atomic E-state index is -0.524. The second-order valence-corrected chi connectivity index (χ2v) is 12.0. The molecule has 40 heavy (non-hydrogen) atoms. The number of carbonyl (C=O) groups is 2. The molecule has 0 saturated carbocycles. The predicted molar refractivity (Wildman–Crippen MR) is 159 cm³/mol. The van der Waals surface area contributed by atoms with Crippen molar-refractivity contribution in [1.29, 1.82) is 0 Å². The lowest BCUT2D eigenvalue weighted by molar-refractivity contribution is 0.0240. The summed E-state index contributed by atoms with van der Waals surface area (Å²) in [6, 6.07) is 16.5. The van der Waals surface area contributed by atoms with Gasteiger partial charge in [0.2, 0.25) is 0 Å². The molecule has 7 nitrogen and oxygen atoms in total. The fourth-order valence-corrected chi connectivity index (χ4v) is 5.47. The van der Waals surface area contributed by atoms with Crippen LogP contribution in [0.4, 0.5) is 26.2 Å². The summed E-state index contributed by atoms with van der Waals surface area (Å²) in [6.45, 7) is 12.1.